The number of aliphatic carboxylic acids is 2. The Balaban J connectivity index is 1.60. The number of rotatable bonds is 10. The standard InChI is InChI=1S/C20H23N7O7/c21-20-25-16-15(18(32)26-20)27(9-28)12(8-23-16)7-22-11-3-1-10(2-4-11)17(31)24-13(19(33)34)5-6-14(29)30/h1-4,9,12-13,15,22H,5-8H2,(H,24,31)(H,29,30)(H,33,34)(H3,21,23,25,26,32)/p-2/t12?,13-,15?/m0/s1. The molecule has 0 aliphatic carbocycles. The summed E-state index contributed by atoms with van der Waals surface area (Å²) in [6, 6.07) is 3.07. The van der Waals surface area contributed by atoms with Gasteiger partial charge in [0.2, 0.25) is 12.4 Å². The molecule has 0 saturated carbocycles. The van der Waals surface area contributed by atoms with Gasteiger partial charge in [0.15, 0.2) is 11.9 Å². The monoisotopic (exact) mass is 471 g/mol. The van der Waals surface area contributed by atoms with Crippen molar-refractivity contribution in [1.82, 2.24) is 15.5 Å². The third-order valence-electron chi connectivity index (χ3n) is 5.20. The van der Waals surface area contributed by atoms with Gasteiger partial charge in [0.05, 0.1) is 24.6 Å². The zero-order valence-corrected chi connectivity index (χ0v) is 17.7. The van der Waals surface area contributed by atoms with Crippen LogP contribution in [0.3, 0.4) is 0 Å². The van der Waals surface area contributed by atoms with E-state index in [4.69, 9.17) is 5.73 Å². The first-order chi connectivity index (χ1) is 16.2. The van der Waals surface area contributed by atoms with Gasteiger partial charge in [-0.2, -0.15) is 4.99 Å². The molecule has 14 heteroatoms. The maximum absolute atomic E-state index is 12.3. The van der Waals surface area contributed by atoms with Gasteiger partial charge in [-0.1, -0.05) is 0 Å². The second-order valence-corrected chi connectivity index (χ2v) is 7.51. The number of carbonyl (C=O) groups excluding carboxylic acids is 5. The van der Waals surface area contributed by atoms with E-state index in [-0.39, 0.29) is 36.9 Å². The van der Waals surface area contributed by atoms with Crippen LogP contribution in [0.15, 0.2) is 34.3 Å². The molecule has 0 aromatic heterocycles. The first-order valence-corrected chi connectivity index (χ1v) is 10.2. The van der Waals surface area contributed by atoms with Crippen LogP contribution in [0, 0.1) is 0 Å². The lowest BCUT2D eigenvalue weighted by Crippen LogP contribution is -2.63. The Kier molecular flexibility index (Phi) is 7.40. The number of anilines is 1. The van der Waals surface area contributed by atoms with Crippen molar-refractivity contribution in [2.75, 3.05) is 18.4 Å². The third kappa shape index (κ3) is 5.65. The molecule has 2 aliphatic rings. The number of carboxylic acids is 2. The van der Waals surface area contributed by atoms with Crippen molar-refractivity contribution in [2.24, 2.45) is 15.7 Å². The molecule has 1 aromatic carbocycles. The molecule has 0 fully saturated rings. The van der Waals surface area contributed by atoms with E-state index in [0.29, 0.717) is 12.1 Å². The van der Waals surface area contributed by atoms with Crippen molar-refractivity contribution in [3.63, 3.8) is 0 Å². The molecule has 0 bridgehead atoms. The first-order valence-electron chi connectivity index (χ1n) is 10.2. The predicted molar refractivity (Wildman–Crippen MR) is 113 cm³/mol. The maximum Gasteiger partial charge on any atom is 0.257 e. The smallest absolute Gasteiger partial charge is 0.257 e. The number of hydrogen-bond donors (Lipinski definition) is 4. The Morgan fingerprint density at radius 3 is 2.59 bits per heavy atom. The number of amides is 3. The van der Waals surface area contributed by atoms with Crippen LogP contribution in [0.1, 0.15) is 23.2 Å². The largest absolute Gasteiger partial charge is 0.550 e. The summed E-state index contributed by atoms with van der Waals surface area (Å²) in [7, 11) is 0. The fraction of sp³-hybridized carbons (Fsp3) is 0.350. The Morgan fingerprint density at radius 1 is 1.26 bits per heavy atom. The normalized spacial score (nSPS) is 20.1. The highest BCUT2D eigenvalue weighted by Gasteiger charge is 2.40. The van der Waals surface area contributed by atoms with Gasteiger partial charge in [0.25, 0.3) is 11.8 Å². The average molecular weight is 471 g/mol. The lowest BCUT2D eigenvalue weighted by atomic mass is 10.1. The number of nitrogens with zero attached hydrogens (tertiary/aromatic N) is 3. The van der Waals surface area contributed by atoms with Crippen molar-refractivity contribution in [1.29, 1.82) is 0 Å². The summed E-state index contributed by atoms with van der Waals surface area (Å²) in [5, 5.41) is 29.3. The number of nitrogens with one attached hydrogen (secondary N) is 3. The van der Waals surface area contributed by atoms with Crippen LogP contribution in [-0.2, 0) is 19.2 Å². The lowest BCUT2D eigenvalue weighted by molar-refractivity contribution is -0.309. The number of nitrogens with two attached hydrogens (primary N) is 1. The molecule has 0 spiro atoms. The molecule has 14 nitrogen and oxygen atoms in total. The molecule has 3 atom stereocenters. The van der Waals surface area contributed by atoms with Gasteiger partial charge < -0.3 is 41.1 Å². The van der Waals surface area contributed by atoms with Gasteiger partial charge in [-0.05, 0) is 37.1 Å². The summed E-state index contributed by atoms with van der Waals surface area (Å²) in [5.41, 5.74) is 6.25. The van der Waals surface area contributed by atoms with Crippen molar-refractivity contribution < 1.29 is 34.2 Å². The Morgan fingerprint density at radius 2 is 1.97 bits per heavy atom. The van der Waals surface area contributed by atoms with E-state index in [9.17, 15) is 34.2 Å². The fourth-order valence-corrected chi connectivity index (χ4v) is 3.46. The van der Waals surface area contributed by atoms with E-state index < -0.39 is 48.3 Å². The topological polar surface area (TPSA) is 222 Å². The quantitative estimate of drug-likeness (QED) is 0.241. The van der Waals surface area contributed by atoms with Gasteiger partial charge in [-0.3, -0.25) is 24.7 Å². The number of guanidine groups is 1. The highest BCUT2D eigenvalue weighted by atomic mass is 16.4. The molecule has 180 valence electrons. The zero-order valence-electron chi connectivity index (χ0n) is 17.7. The molecular formula is C20H21N7O7-2. The number of hydrogen-bond acceptors (Lipinski definition) is 11. The van der Waals surface area contributed by atoms with E-state index in [0.717, 1.165) is 0 Å². The van der Waals surface area contributed by atoms with Crippen molar-refractivity contribution in [2.45, 2.75) is 31.0 Å². The fourth-order valence-electron chi connectivity index (χ4n) is 3.46. The van der Waals surface area contributed by atoms with E-state index in [1.165, 1.54) is 17.0 Å². The summed E-state index contributed by atoms with van der Waals surface area (Å²) in [4.78, 5) is 67.3. The number of fused-ring (bicyclic) bond motifs is 1. The van der Waals surface area contributed by atoms with Gasteiger partial charge in [0.1, 0.15) is 0 Å². The van der Waals surface area contributed by atoms with E-state index in [2.05, 4.69) is 25.9 Å². The molecule has 0 radical (unpaired) electrons. The molecule has 3 rings (SSSR count). The average Bonchev–Trinajstić information content (AvgIpc) is 2.79. The molecule has 2 aliphatic heterocycles. The van der Waals surface area contributed by atoms with Crippen LogP contribution in [0.5, 0.6) is 0 Å². The van der Waals surface area contributed by atoms with E-state index in [1.807, 2.05) is 0 Å². The van der Waals surface area contributed by atoms with Crippen LogP contribution in [0.25, 0.3) is 0 Å². The van der Waals surface area contributed by atoms with Crippen LogP contribution in [0.4, 0.5) is 5.69 Å². The van der Waals surface area contributed by atoms with Crippen LogP contribution in [0.2, 0.25) is 0 Å². The van der Waals surface area contributed by atoms with Crippen LogP contribution >= 0.6 is 0 Å². The molecule has 1 aromatic rings. The minimum atomic E-state index is -1.61. The second-order valence-electron chi connectivity index (χ2n) is 7.51. The zero-order chi connectivity index (χ0) is 24.8. The van der Waals surface area contributed by atoms with Crippen LogP contribution in [-0.4, -0.2) is 78.1 Å². The molecular weight excluding hydrogens is 450 g/mol. The maximum atomic E-state index is 12.3. The number of amidine groups is 1. The number of carbonyl (C=O) groups is 5. The molecule has 5 N–H and O–H groups in total. The van der Waals surface area contributed by atoms with Gasteiger partial charge >= 0.3 is 0 Å². The lowest BCUT2D eigenvalue weighted by Gasteiger charge is -2.38. The summed E-state index contributed by atoms with van der Waals surface area (Å²) in [5.74, 6) is -4.20. The first kappa shape index (κ1) is 24.2. The molecule has 34 heavy (non-hydrogen) atoms. The summed E-state index contributed by atoms with van der Waals surface area (Å²) in [6.07, 6.45) is -0.371. The number of aliphatic imine (C=N–C) groups is 2. The Labute approximate surface area is 192 Å². The Bertz CT molecular complexity index is 1050. The van der Waals surface area contributed by atoms with Gasteiger partial charge in [-0.25, -0.2) is 0 Å². The minimum absolute atomic E-state index is 0.0867. The Hall–Kier alpha value is -4.49. The molecule has 2 unspecified atom stereocenters. The third-order valence-corrected chi connectivity index (χ3v) is 5.20. The van der Waals surface area contributed by atoms with Gasteiger partial charge in [-0.15, -0.1) is 0 Å². The highest BCUT2D eigenvalue weighted by molar-refractivity contribution is 6.20. The minimum Gasteiger partial charge on any atom is -0.550 e. The summed E-state index contributed by atoms with van der Waals surface area (Å²) >= 11 is 0. The highest BCUT2D eigenvalue weighted by Crippen LogP contribution is 2.17. The van der Waals surface area contributed by atoms with Gasteiger partial charge in [0, 0.05) is 23.8 Å². The summed E-state index contributed by atoms with van der Waals surface area (Å²) in [6.45, 7) is 0.429. The SMILES string of the molecule is NC1=NC2=NCC(CNc3ccc(C(=O)N[C@@H](CCC(=O)[O-])C(=O)[O-])cc3)N(C=O)C2C(=O)N1. The number of carboxylic acid groups (broad SMARTS) is 2. The van der Waals surface area contributed by atoms with Crippen molar-refractivity contribution in [3.8, 4) is 0 Å². The van der Waals surface area contributed by atoms with E-state index in [1.54, 1.807) is 12.1 Å². The molecule has 0 saturated heterocycles. The molecule has 3 amide bonds. The van der Waals surface area contributed by atoms with Crippen molar-refractivity contribution in [3.05, 3.63) is 29.8 Å². The summed E-state index contributed by atoms with van der Waals surface area (Å²) < 4.78 is 0. The number of benzene rings is 1. The van der Waals surface area contributed by atoms with Crippen molar-refractivity contribution >= 4 is 47.6 Å². The van der Waals surface area contributed by atoms with Crippen LogP contribution < -0.4 is 31.9 Å². The van der Waals surface area contributed by atoms with E-state index >= 15 is 0 Å². The second kappa shape index (κ2) is 10.4. The predicted octanol–water partition coefficient (Wildman–Crippen LogP) is -4.47. The molecule has 2 heterocycles.